The molecule has 0 saturated carbocycles. The van der Waals surface area contributed by atoms with Gasteiger partial charge in [-0.25, -0.2) is 4.98 Å². The first-order valence-corrected chi connectivity index (χ1v) is 8.98. The van der Waals surface area contributed by atoms with Crippen LogP contribution in [0.5, 0.6) is 0 Å². The zero-order chi connectivity index (χ0) is 18.0. The van der Waals surface area contributed by atoms with Crippen LogP contribution < -0.4 is 0 Å². The molecule has 1 aromatic carbocycles. The van der Waals surface area contributed by atoms with Gasteiger partial charge in [-0.2, -0.15) is 0 Å². The summed E-state index contributed by atoms with van der Waals surface area (Å²) in [6, 6.07) is 7.33. The van der Waals surface area contributed by atoms with Crippen LogP contribution >= 0.6 is 11.3 Å². The van der Waals surface area contributed by atoms with E-state index >= 15 is 0 Å². The number of nitrogens with zero attached hydrogens (tertiary/aromatic N) is 3. The molecule has 7 heteroatoms. The molecule has 0 aliphatic carbocycles. The Kier molecular flexibility index (Phi) is 5.15. The Morgan fingerprint density at radius 1 is 1.44 bits per heavy atom. The number of amides is 2. The van der Waals surface area contributed by atoms with Crippen molar-refractivity contribution in [2.24, 2.45) is 0 Å². The van der Waals surface area contributed by atoms with Gasteiger partial charge in [0, 0.05) is 19.5 Å². The molecule has 1 fully saturated rings. The van der Waals surface area contributed by atoms with Crippen molar-refractivity contribution in [3.05, 3.63) is 52.0 Å². The molecule has 0 radical (unpaired) electrons. The molecule has 1 aliphatic heterocycles. The van der Waals surface area contributed by atoms with E-state index in [1.54, 1.807) is 29.4 Å². The topological polar surface area (TPSA) is 62.7 Å². The van der Waals surface area contributed by atoms with Crippen LogP contribution in [0.25, 0.3) is 0 Å². The van der Waals surface area contributed by atoms with Crippen LogP contribution in [0, 0.1) is 6.92 Å². The van der Waals surface area contributed by atoms with Gasteiger partial charge in [0.25, 0.3) is 5.91 Å². The molecule has 3 rings (SSSR count). The van der Waals surface area contributed by atoms with Gasteiger partial charge in [-0.05, 0) is 18.1 Å². The van der Waals surface area contributed by atoms with E-state index in [0.717, 1.165) is 16.8 Å². The van der Waals surface area contributed by atoms with E-state index < -0.39 is 12.1 Å². The molecule has 25 heavy (non-hydrogen) atoms. The van der Waals surface area contributed by atoms with Gasteiger partial charge in [0.05, 0.1) is 23.8 Å². The number of hydrogen-bond acceptors (Lipinski definition) is 5. The summed E-state index contributed by atoms with van der Waals surface area (Å²) in [4.78, 5) is 32.6. The fourth-order valence-electron chi connectivity index (χ4n) is 3.06. The Morgan fingerprint density at radius 3 is 2.88 bits per heavy atom. The highest BCUT2D eigenvalue weighted by molar-refractivity contribution is 7.07. The van der Waals surface area contributed by atoms with Crippen molar-refractivity contribution in [2.75, 3.05) is 20.7 Å². The fourth-order valence-corrected chi connectivity index (χ4v) is 3.61. The Labute approximate surface area is 151 Å². The molecule has 0 unspecified atom stereocenters. The lowest BCUT2D eigenvalue weighted by Crippen LogP contribution is -2.53. The zero-order valence-electron chi connectivity index (χ0n) is 14.5. The number of rotatable bonds is 4. The molecular weight excluding hydrogens is 338 g/mol. The maximum absolute atomic E-state index is 13.0. The van der Waals surface area contributed by atoms with E-state index in [1.807, 2.05) is 36.6 Å². The number of carbonyl (C=O) groups excluding carboxylic acids is 2. The Hall–Kier alpha value is -2.25. The average Bonchev–Trinajstić information content (AvgIpc) is 3.10. The summed E-state index contributed by atoms with van der Waals surface area (Å²) in [5, 5.41) is 1.92. The van der Waals surface area contributed by atoms with Crippen LogP contribution in [0.15, 0.2) is 35.2 Å². The molecular formula is C18H21N3O3S. The number of hydrogen-bond donors (Lipinski definition) is 0. The summed E-state index contributed by atoms with van der Waals surface area (Å²) in [5.74, 6) is -0.278. The predicted molar refractivity (Wildman–Crippen MR) is 95.0 cm³/mol. The smallest absolute Gasteiger partial charge is 0.254 e. The summed E-state index contributed by atoms with van der Waals surface area (Å²) in [6.07, 6.45) is -0.729. The van der Waals surface area contributed by atoms with Crippen LogP contribution in [0.3, 0.4) is 0 Å². The van der Waals surface area contributed by atoms with Gasteiger partial charge in [-0.1, -0.05) is 24.3 Å². The standard InChI is InChI=1S/C18H21N3O3S/c1-12-6-4-5-7-14(12)16-17(24-9-15(22)21(16)3)18(23)20(2)8-13-10-25-11-19-13/h4-7,10-11,16-17H,8-9H2,1-3H3/t16-,17+/m1/s1. The number of thiazole rings is 1. The van der Waals surface area contributed by atoms with Gasteiger partial charge in [-0.3, -0.25) is 9.59 Å². The van der Waals surface area contributed by atoms with Crippen molar-refractivity contribution in [3.63, 3.8) is 0 Å². The zero-order valence-corrected chi connectivity index (χ0v) is 15.3. The minimum Gasteiger partial charge on any atom is -0.356 e. The van der Waals surface area contributed by atoms with Crippen molar-refractivity contribution in [1.29, 1.82) is 0 Å². The highest BCUT2D eigenvalue weighted by Gasteiger charge is 2.41. The molecule has 2 aromatic rings. The molecule has 0 spiro atoms. The molecule has 1 aliphatic rings. The SMILES string of the molecule is Cc1ccccc1[C@@H]1[C@@H](C(=O)N(C)Cc2cscn2)OCC(=O)N1C. The highest BCUT2D eigenvalue weighted by atomic mass is 32.1. The normalized spacial score (nSPS) is 20.6. The number of aromatic nitrogens is 1. The first-order valence-electron chi connectivity index (χ1n) is 8.04. The quantitative estimate of drug-likeness (QED) is 0.838. The molecule has 2 heterocycles. The number of benzene rings is 1. The lowest BCUT2D eigenvalue weighted by Gasteiger charge is -2.40. The Balaban J connectivity index is 1.88. The molecule has 0 N–H and O–H groups in total. The first kappa shape index (κ1) is 17.6. The third kappa shape index (κ3) is 3.57. The van der Waals surface area contributed by atoms with Crippen molar-refractivity contribution < 1.29 is 14.3 Å². The van der Waals surface area contributed by atoms with Crippen molar-refractivity contribution >= 4 is 23.2 Å². The van der Waals surface area contributed by atoms with Gasteiger partial charge < -0.3 is 14.5 Å². The predicted octanol–water partition coefficient (Wildman–Crippen LogP) is 2.01. The summed E-state index contributed by atoms with van der Waals surface area (Å²) in [6.45, 7) is 2.31. The van der Waals surface area contributed by atoms with Gasteiger partial charge in [0.2, 0.25) is 5.91 Å². The monoisotopic (exact) mass is 359 g/mol. The second kappa shape index (κ2) is 7.33. The molecule has 2 amide bonds. The van der Waals surface area contributed by atoms with Gasteiger partial charge in [-0.15, -0.1) is 11.3 Å². The van der Waals surface area contributed by atoms with Gasteiger partial charge >= 0.3 is 0 Å². The maximum atomic E-state index is 13.0. The van der Waals surface area contributed by atoms with E-state index in [-0.39, 0.29) is 18.4 Å². The van der Waals surface area contributed by atoms with Gasteiger partial charge in [0.1, 0.15) is 6.61 Å². The maximum Gasteiger partial charge on any atom is 0.254 e. The van der Waals surface area contributed by atoms with Crippen LogP contribution in [-0.4, -0.2) is 53.4 Å². The van der Waals surface area contributed by atoms with Crippen molar-refractivity contribution in [2.45, 2.75) is 25.6 Å². The second-order valence-electron chi connectivity index (χ2n) is 6.21. The first-order chi connectivity index (χ1) is 12.0. The third-order valence-corrected chi connectivity index (χ3v) is 5.13. The molecule has 6 nitrogen and oxygen atoms in total. The highest BCUT2D eigenvalue weighted by Crippen LogP contribution is 2.32. The summed E-state index contributed by atoms with van der Waals surface area (Å²) < 4.78 is 5.68. The van der Waals surface area contributed by atoms with Crippen molar-refractivity contribution in [3.8, 4) is 0 Å². The summed E-state index contributed by atoms with van der Waals surface area (Å²) >= 11 is 1.50. The Morgan fingerprint density at radius 2 is 2.20 bits per heavy atom. The number of likely N-dealkylation sites (N-methyl/N-ethyl adjacent to an activating group) is 2. The van der Waals surface area contributed by atoms with Crippen LogP contribution in [-0.2, 0) is 20.9 Å². The van der Waals surface area contributed by atoms with E-state index in [0.29, 0.717) is 6.54 Å². The summed E-state index contributed by atoms with van der Waals surface area (Å²) in [7, 11) is 3.46. The van der Waals surface area contributed by atoms with E-state index in [1.165, 1.54) is 11.3 Å². The molecule has 2 atom stereocenters. The number of aryl methyl sites for hydroxylation is 1. The van der Waals surface area contributed by atoms with E-state index in [9.17, 15) is 9.59 Å². The average molecular weight is 359 g/mol. The number of ether oxygens (including phenoxy) is 1. The van der Waals surface area contributed by atoms with Crippen LogP contribution in [0.2, 0.25) is 0 Å². The van der Waals surface area contributed by atoms with E-state index in [2.05, 4.69) is 4.98 Å². The van der Waals surface area contributed by atoms with Crippen LogP contribution in [0.1, 0.15) is 22.9 Å². The second-order valence-corrected chi connectivity index (χ2v) is 6.93. The lowest BCUT2D eigenvalue weighted by molar-refractivity contribution is -0.167. The molecule has 1 aromatic heterocycles. The molecule has 132 valence electrons. The minimum absolute atomic E-state index is 0.0835. The summed E-state index contributed by atoms with van der Waals surface area (Å²) in [5.41, 5.74) is 4.54. The van der Waals surface area contributed by atoms with Crippen molar-refractivity contribution in [1.82, 2.24) is 14.8 Å². The fraction of sp³-hybridized carbons (Fsp3) is 0.389. The minimum atomic E-state index is -0.729. The number of carbonyl (C=O) groups is 2. The molecule has 1 saturated heterocycles. The largest absolute Gasteiger partial charge is 0.356 e. The lowest BCUT2D eigenvalue weighted by atomic mass is 9.93. The molecule has 0 bridgehead atoms. The Bertz CT molecular complexity index is 763. The third-order valence-electron chi connectivity index (χ3n) is 4.49. The van der Waals surface area contributed by atoms with Crippen LogP contribution in [0.4, 0.5) is 0 Å². The number of morpholine rings is 1. The van der Waals surface area contributed by atoms with E-state index in [4.69, 9.17) is 4.74 Å². The van der Waals surface area contributed by atoms with Gasteiger partial charge in [0.15, 0.2) is 6.10 Å².